The molecule has 1 atom stereocenters. The predicted octanol–water partition coefficient (Wildman–Crippen LogP) is 0.0936. The minimum absolute atomic E-state index is 0.00133. The van der Waals surface area contributed by atoms with Crippen molar-refractivity contribution in [3.8, 4) is 0 Å². The third-order valence-corrected chi connectivity index (χ3v) is 3.17. The first-order valence-electron chi connectivity index (χ1n) is 5.97. The van der Waals surface area contributed by atoms with Gasteiger partial charge >= 0.3 is 0 Å². The lowest BCUT2D eigenvalue weighted by molar-refractivity contribution is -0.129. The summed E-state index contributed by atoms with van der Waals surface area (Å²) in [7, 11) is 0. The predicted molar refractivity (Wildman–Crippen MR) is 64.8 cm³/mol. The van der Waals surface area contributed by atoms with E-state index in [9.17, 15) is 9.90 Å². The summed E-state index contributed by atoms with van der Waals surface area (Å²) in [6.07, 6.45) is 3.88. The summed E-state index contributed by atoms with van der Waals surface area (Å²) < 4.78 is 0. The van der Waals surface area contributed by atoms with Crippen LogP contribution < -0.4 is 0 Å². The van der Waals surface area contributed by atoms with Gasteiger partial charge in [0.25, 0.3) is 0 Å². The Hall–Kier alpha value is -1.95. The maximum absolute atomic E-state index is 12.0. The van der Waals surface area contributed by atoms with Gasteiger partial charge in [-0.2, -0.15) is 0 Å². The number of β-amino-alcohol motifs (C(OH)–C–C–N with tert-alkyl or cyclic N) is 1. The fourth-order valence-electron chi connectivity index (χ4n) is 2.22. The number of imidazole rings is 1. The molecule has 0 aromatic carbocycles. The molecular formula is C12H14N4O2. The third-order valence-electron chi connectivity index (χ3n) is 3.17. The Kier molecular flexibility index (Phi) is 2.71. The lowest BCUT2D eigenvalue weighted by atomic mass is 10.3. The van der Waals surface area contributed by atoms with Crippen molar-refractivity contribution in [3.63, 3.8) is 0 Å². The number of likely N-dealkylation sites (tertiary alicyclic amines) is 1. The molecular weight excluding hydrogens is 232 g/mol. The summed E-state index contributed by atoms with van der Waals surface area (Å²) in [5, 5.41) is 9.40. The number of aromatic amines is 1. The zero-order chi connectivity index (χ0) is 12.5. The standard InChI is InChI=1S/C12H14N4O2/c17-8-2-4-16(7-8)12(18)5-11-14-9-1-3-13-6-10(9)15-11/h1,3,6,8,17H,2,4-5,7H2,(H,14,15)/t8-/m0/s1. The van der Waals surface area contributed by atoms with E-state index in [1.54, 1.807) is 23.4 Å². The maximum Gasteiger partial charge on any atom is 0.230 e. The molecule has 0 spiro atoms. The van der Waals surface area contributed by atoms with Gasteiger partial charge < -0.3 is 15.0 Å². The summed E-state index contributed by atoms with van der Waals surface area (Å²) in [5.41, 5.74) is 1.65. The first kappa shape index (κ1) is 11.2. The lowest BCUT2D eigenvalue weighted by Gasteiger charge is -2.14. The Morgan fingerprint density at radius 3 is 3.22 bits per heavy atom. The molecule has 0 radical (unpaired) electrons. The third kappa shape index (κ3) is 2.06. The Morgan fingerprint density at radius 2 is 2.50 bits per heavy atom. The van der Waals surface area contributed by atoms with Crippen molar-refractivity contribution in [2.75, 3.05) is 13.1 Å². The smallest absolute Gasteiger partial charge is 0.230 e. The van der Waals surface area contributed by atoms with Crippen molar-refractivity contribution in [3.05, 3.63) is 24.3 Å². The Bertz CT molecular complexity index is 547. The monoisotopic (exact) mass is 246 g/mol. The van der Waals surface area contributed by atoms with Gasteiger partial charge in [0, 0.05) is 19.3 Å². The Labute approximate surface area is 104 Å². The number of aliphatic hydroxyl groups is 1. The molecule has 94 valence electrons. The van der Waals surface area contributed by atoms with Gasteiger partial charge in [0.15, 0.2) is 0 Å². The molecule has 3 rings (SSSR count). The molecule has 1 aliphatic rings. The van der Waals surface area contributed by atoms with Crippen LogP contribution in [0.15, 0.2) is 18.5 Å². The van der Waals surface area contributed by atoms with Crippen molar-refractivity contribution in [2.24, 2.45) is 0 Å². The molecule has 3 heterocycles. The van der Waals surface area contributed by atoms with E-state index < -0.39 is 0 Å². The normalized spacial score (nSPS) is 19.6. The highest BCUT2D eigenvalue weighted by Crippen LogP contribution is 2.13. The quantitative estimate of drug-likeness (QED) is 0.787. The number of fused-ring (bicyclic) bond motifs is 1. The molecule has 2 N–H and O–H groups in total. The van der Waals surface area contributed by atoms with Crippen molar-refractivity contribution >= 4 is 16.9 Å². The summed E-state index contributed by atoms with van der Waals surface area (Å²) in [6, 6.07) is 1.80. The van der Waals surface area contributed by atoms with E-state index in [-0.39, 0.29) is 18.4 Å². The number of nitrogens with one attached hydrogen (secondary N) is 1. The van der Waals surface area contributed by atoms with Gasteiger partial charge in [-0.1, -0.05) is 0 Å². The molecule has 0 unspecified atom stereocenters. The number of hydrogen-bond donors (Lipinski definition) is 2. The summed E-state index contributed by atoms with van der Waals surface area (Å²) in [5.74, 6) is 0.642. The van der Waals surface area contributed by atoms with Crippen LogP contribution in [0.25, 0.3) is 11.0 Å². The second kappa shape index (κ2) is 4.38. The van der Waals surface area contributed by atoms with Gasteiger partial charge in [0.05, 0.1) is 29.8 Å². The van der Waals surface area contributed by atoms with E-state index in [1.165, 1.54) is 0 Å². The number of amides is 1. The average Bonchev–Trinajstić information content (AvgIpc) is 2.94. The van der Waals surface area contributed by atoms with Crippen LogP contribution in [0.4, 0.5) is 0 Å². The molecule has 0 saturated carbocycles. The number of rotatable bonds is 2. The molecule has 0 bridgehead atoms. The molecule has 1 amide bonds. The molecule has 6 heteroatoms. The van der Waals surface area contributed by atoms with E-state index in [1.807, 2.05) is 0 Å². The number of carbonyl (C=O) groups excluding carboxylic acids is 1. The van der Waals surface area contributed by atoms with Gasteiger partial charge in [0.1, 0.15) is 5.82 Å². The fraction of sp³-hybridized carbons (Fsp3) is 0.417. The maximum atomic E-state index is 12.0. The Morgan fingerprint density at radius 1 is 1.61 bits per heavy atom. The van der Waals surface area contributed by atoms with E-state index in [0.29, 0.717) is 25.3 Å². The van der Waals surface area contributed by atoms with E-state index in [4.69, 9.17) is 0 Å². The number of carbonyl (C=O) groups is 1. The van der Waals surface area contributed by atoms with Gasteiger partial charge in [-0.3, -0.25) is 9.78 Å². The SMILES string of the molecule is O=C(Cc1nc2ccncc2[nH]1)N1CC[C@H](O)C1. The van der Waals surface area contributed by atoms with Crippen LogP contribution in [0.1, 0.15) is 12.2 Å². The van der Waals surface area contributed by atoms with Crippen molar-refractivity contribution in [2.45, 2.75) is 18.9 Å². The first-order chi connectivity index (χ1) is 8.72. The second-order valence-corrected chi connectivity index (χ2v) is 4.54. The largest absolute Gasteiger partial charge is 0.391 e. The summed E-state index contributed by atoms with van der Waals surface area (Å²) >= 11 is 0. The topological polar surface area (TPSA) is 82.1 Å². The number of nitrogens with zero attached hydrogens (tertiary/aromatic N) is 3. The van der Waals surface area contributed by atoms with Crippen molar-refractivity contribution < 1.29 is 9.90 Å². The lowest BCUT2D eigenvalue weighted by Crippen LogP contribution is -2.31. The van der Waals surface area contributed by atoms with Crippen LogP contribution in [0.2, 0.25) is 0 Å². The van der Waals surface area contributed by atoms with Crippen LogP contribution in [0.3, 0.4) is 0 Å². The molecule has 6 nitrogen and oxygen atoms in total. The highest BCUT2D eigenvalue weighted by atomic mass is 16.3. The number of aliphatic hydroxyl groups excluding tert-OH is 1. The zero-order valence-electron chi connectivity index (χ0n) is 9.83. The molecule has 1 aliphatic heterocycles. The van der Waals surface area contributed by atoms with E-state index in [0.717, 1.165) is 11.0 Å². The van der Waals surface area contributed by atoms with Crippen LogP contribution in [-0.2, 0) is 11.2 Å². The van der Waals surface area contributed by atoms with Gasteiger partial charge in [-0.15, -0.1) is 0 Å². The van der Waals surface area contributed by atoms with Crippen molar-refractivity contribution in [1.82, 2.24) is 19.9 Å². The highest BCUT2D eigenvalue weighted by Gasteiger charge is 2.24. The van der Waals surface area contributed by atoms with Crippen LogP contribution >= 0.6 is 0 Å². The number of pyridine rings is 1. The zero-order valence-corrected chi connectivity index (χ0v) is 9.83. The van der Waals surface area contributed by atoms with E-state index >= 15 is 0 Å². The average molecular weight is 246 g/mol. The Balaban J connectivity index is 1.74. The number of aromatic nitrogens is 3. The van der Waals surface area contributed by atoms with E-state index in [2.05, 4.69) is 15.0 Å². The molecule has 1 saturated heterocycles. The number of hydrogen-bond acceptors (Lipinski definition) is 4. The van der Waals surface area contributed by atoms with Crippen LogP contribution in [0.5, 0.6) is 0 Å². The molecule has 2 aromatic rings. The molecule has 0 aliphatic carbocycles. The molecule has 1 fully saturated rings. The first-order valence-corrected chi connectivity index (χ1v) is 5.97. The second-order valence-electron chi connectivity index (χ2n) is 4.54. The van der Waals surface area contributed by atoms with Crippen LogP contribution in [-0.4, -0.2) is 50.1 Å². The minimum Gasteiger partial charge on any atom is -0.391 e. The van der Waals surface area contributed by atoms with Gasteiger partial charge in [-0.25, -0.2) is 4.98 Å². The highest BCUT2D eigenvalue weighted by molar-refractivity contribution is 5.80. The minimum atomic E-state index is -0.381. The van der Waals surface area contributed by atoms with Crippen LogP contribution in [0, 0.1) is 0 Å². The summed E-state index contributed by atoms with van der Waals surface area (Å²) in [4.78, 5) is 25.1. The fourth-order valence-corrected chi connectivity index (χ4v) is 2.22. The summed E-state index contributed by atoms with van der Waals surface area (Å²) in [6.45, 7) is 1.06. The molecule has 2 aromatic heterocycles. The van der Waals surface area contributed by atoms with Crippen molar-refractivity contribution in [1.29, 1.82) is 0 Å². The van der Waals surface area contributed by atoms with Gasteiger partial charge in [-0.05, 0) is 12.5 Å². The molecule has 18 heavy (non-hydrogen) atoms. The number of H-pyrrole nitrogens is 1. The van der Waals surface area contributed by atoms with Gasteiger partial charge in [0.2, 0.25) is 5.91 Å².